The average Bonchev–Trinajstić information content (AvgIpc) is 2.99. The van der Waals surface area contributed by atoms with Gasteiger partial charge in [-0.05, 0) is 19.5 Å². The second kappa shape index (κ2) is 6.86. The first-order valence-electron chi connectivity index (χ1n) is 8.70. The van der Waals surface area contributed by atoms with Crippen molar-refractivity contribution >= 4 is 33.3 Å². The maximum absolute atomic E-state index is 12.9. The van der Waals surface area contributed by atoms with Gasteiger partial charge in [0.1, 0.15) is 17.0 Å². The van der Waals surface area contributed by atoms with E-state index in [1.807, 2.05) is 11.8 Å². The molecule has 2 aliphatic rings. The predicted molar refractivity (Wildman–Crippen MR) is 98.6 cm³/mol. The Labute approximate surface area is 151 Å². The highest BCUT2D eigenvalue weighted by atomic mass is 32.1. The zero-order valence-electron chi connectivity index (χ0n) is 14.7. The predicted octanol–water partition coefficient (Wildman–Crippen LogP) is 1.22. The second-order valence-corrected chi connectivity index (χ2v) is 7.63. The van der Waals surface area contributed by atoms with Crippen molar-refractivity contribution in [3.05, 3.63) is 16.8 Å². The Morgan fingerprint density at radius 1 is 1.12 bits per heavy atom. The van der Waals surface area contributed by atoms with E-state index >= 15 is 0 Å². The molecule has 25 heavy (non-hydrogen) atoms. The van der Waals surface area contributed by atoms with E-state index in [0.717, 1.165) is 52.7 Å². The summed E-state index contributed by atoms with van der Waals surface area (Å²) in [5.74, 6) is 1.06. The van der Waals surface area contributed by atoms with Crippen molar-refractivity contribution in [2.45, 2.75) is 6.92 Å². The molecule has 0 aromatic carbocycles. The summed E-state index contributed by atoms with van der Waals surface area (Å²) in [6.45, 7) is 8.50. The first-order chi connectivity index (χ1) is 12.1. The smallest absolute Gasteiger partial charge is 0.264 e. The molecular weight excluding hydrogens is 338 g/mol. The van der Waals surface area contributed by atoms with Crippen LogP contribution in [-0.4, -0.2) is 85.2 Å². The van der Waals surface area contributed by atoms with E-state index in [-0.39, 0.29) is 5.91 Å². The lowest BCUT2D eigenvalue weighted by molar-refractivity contribution is 0.0306. The van der Waals surface area contributed by atoms with Crippen LogP contribution in [-0.2, 0) is 4.74 Å². The molecule has 8 heteroatoms. The van der Waals surface area contributed by atoms with Crippen molar-refractivity contribution in [1.82, 2.24) is 19.8 Å². The van der Waals surface area contributed by atoms with E-state index in [2.05, 4.69) is 26.8 Å². The molecule has 2 saturated heterocycles. The fourth-order valence-corrected chi connectivity index (χ4v) is 4.54. The lowest BCUT2D eigenvalue weighted by atomic mass is 10.1. The number of rotatable bonds is 2. The van der Waals surface area contributed by atoms with Crippen LogP contribution in [0.25, 0.3) is 10.2 Å². The van der Waals surface area contributed by atoms with E-state index in [1.54, 1.807) is 6.33 Å². The number of hydrogen-bond donors (Lipinski definition) is 0. The Bertz CT molecular complexity index is 779. The maximum atomic E-state index is 12.9. The van der Waals surface area contributed by atoms with Crippen molar-refractivity contribution in [2.24, 2.45) is 0 Å². The van der Waals surface area contributed by atoms with Crippen molar-refractivity contribution in [2.75, 3.05) is 64.4 Å². The van der Waals surface area contributed by atoms with Gasteiger partial charge in [0.15, 0.2) is 0 Å². The molecule has 2 fully saturated rings. The zero-order chi connectivity index (χ0) is 17.4. The van der Waals surface area contributed by atoms with Crippen LogP contribution in [0.4, 0.5) is 5.82 Å². The summed E-state index contributed by atoms with van der Waals surface area (Å²) in [7, 11) is 2.14. The molecule has 0 radical (unpaired) electrons. The molecule has 1 amide bonds. The molecule has 0 aliphatic carbocycles. The Kier molecular flexibility index (Phi) is 4.58. The molecule has 7 nitrogen and oxygen atoms in total. The molecule has 4 heterocycles. The summed E-state index contributed by atoms with van der Waals surface area (Å²) in [6.07, 6.45) is 1.62. The Morgan fingerprint density at radius 2 is 1.84 bits per heavy atom. The van der Waals surface area contributed by atoms with E-state index in [1.165, 1.54) is 11.3 Å². The van der Waals surface area contributed by atoms with Crippen molar-refractivity contribution in [3.63, 3.8) is 0 Å². The molecule has 134 valence electrons. The molecule has 0 N–H and O–H groups in total. The number of morpholine rings is 1. The normalized spacial score (nSPS) is 19.6. The number of fused-ring (bicyclic) bond motifs is 1. The van der Waals surface area contributed by atoms with Crippen molar-refractivity contribution in [1.29, 1.82) is 0 Å². The third-order valence-electron chi connectivity index (χ3n) is 5.00. The lowest BCUT2D eigenvalue weighted by Gasteiger charge is -2.33. The van der Waals surface area contributed by atoms with Gasteiger partial charge in [-0.3, -0.25) is 4.79 Å². The fourth-order valence-electron chi connectivity index (χ4n) is 3.43. The monoisotopic (exact) mass is 361 g/mol. The van der Waals surface area contributed by atoms with Crippen molar-refractivity contribution in [3.8, 4) is 0 Å². The van der Waals surface area contributed by atoms with Gasteiger partial charge in [-0.1, -0.05) is 0 Å². The highest BCUT2D eigenvalue weighted by molar-refractivity contribution is 7.20. The number of likely N-dealkylation sites (N-methyl/N-ethyl adjacent to an activating group) is 1. The molecule has 0 saturated carbocycles. The summed E-state index contributed by atoms with van der Waals surface area (Å²) in [5, 5.41) is 1.04. The number of carbonyl (C=O) groups is 1. The van der Waals surface area contributed by atoms with E-state index in [4.69, 9.17) is 4.74 Å². The van der Waals surface area contributed by atoms with Gasteiger partial charge in [-0.25, -0.2) is 9.97 Å². The first kappa shape index (κ1) is 16.7. The zero-order valence-corrected chi connectivity index (χ0v) is 15.5. The number of ether oxygens (including phenoxy) is 1. The Hall–Kier alpha value is -1.77. The summed E-state index contributed by atoms with van der Waals surface area (Å²) >= 11 is 1.48. The summed E-state index contributed by atoms with van der Waals surface area (Å²) in [6, 6.07) is 0. The number of aromatic nitrogens is 2. The number of aryl methyl sites for hydroxylation is 1. The van der Waals surface area contributed by atoms with Crippen LogP contribution >= 0.6 is 11.3 Å². The number of nitrogens with zero attached hydrogens (tertiary/aromatic N) is 5. The number of piperazine rings is 1. The van der Waals surface area contributed by atoms with Gasteiger partial charge < -0.3 is 19.4 Å². The topological polar surface area (TPSA) is 61.8 Å². The molecule has 0 unspecified atom stereocenters. The molecule has 0 bridgehead atoms. The minimum Gasteiger partial charge on any atom is -0.378 e. The van der Waals surface area contributed by atoms with Crippen LogP contribution < -0.4 is 4.90 Å². The van der Waals surface area contributed by atoms with Crippen molar-refractivity contribution < 1.29 is 9.53 Å². The first-order valence-corrected chi connectivity index (χ1v) is 9.51. The van der Waals surface area contributed by atoms with Crippen LogP contribution in [0.1, 0.15) is 15.2 Å². The molecule has 2 aromatic heterocycles. The van der Waals surface area contributed by atoms with Gasteiger partial charge in [0, 0.05) is 39.3 Å². The summed E-state index contributed by atoms with van der Waals surface area (Å²) < 4.78 is 5.36. The molecule has 0 atom stereocenters. The van der Waals surface area contributed by atoms with Gasteiger partial charge in [-0.15, -0.1) is 11.3 Å². The van der Waals surface area contributed by atoms with Crippen LogP contribution in [0, 0.1) is 6.92 Å². The number of thiophene rings is 1. The number of anilines is 1. The Balaban J connectivity index is 1.70. The summed E-state index contributed by atoms with van der Waals surface area (Å²) in [5.41, 5.74) is 1.01. The average molecular weight is 361 g/mol. The maximum Gasteiger partial charge on any atom is 0.264 e. The van der Waals surface area contributed by atoms with Gasteiger partial charge in [0.05, 0.1) is 23.5 Å². The van der Waals surface area contributed by atoms with Gasteiger partial charge in [-0.2, -0.15) is 0 Å². The molecule has 2 aliphatic heterocycles. The quantitative estimate of drug-likeness (QED) is 0.802. The van der Waals surface area contributed by atoms with Gasteiger partial charge in [0.25, 0.3) is 5.91 Å². The number of carbonyl (C=O) groups excluding carboxylic acids is 1. The van der Waals surface area contributed by atoms with Crippen LogP contribution in [0.5, 0.6) is 0 Å². The van der Waals surface area contributed by atoms with Gasteiger partial charge >= 0.3 is 0 Å². The summed E-state index contributed by atoms with van der Waals surface area (Å²) in [4.78, 5) is 30.1. The van der Waals surface area contributed by atoms with Crippen LogP contribution in [0.15, 0.2) is 6.33 Å². The number of hydrogen-bond acceptors (Lipinski definition) is 7. The third-order valence-corrected chi connectivity index (χ3v) is 6.19. The minimum atomic E-state index is 0.0909. The SMILES string of the molecule is Cc1c(C(=O)N2CCOCC2)sc2ncnc(N3CCN(C)CC3)c12. The highest BCUT2D eigenvalue weighted by Crippen LogP contribution is 2.35. The fraction of sp³-hybridized carbons (Fsp3) is 0.588. The minimum absolute atomic E-state index is 0.0909. The van der Waals surface area contributed by atoms with Gasteiger partial charge in [0.2, 0.25) is 0 Å². The van der Waals surface area contributed by atoms with E-state index in [9.17, 15) is 4.79 Å². The molecule has 4 rings (SSSR count). The molecule has 0 spiro atoms. The third kappa shape index (κ3) is 3.09. The van der Waals surface area contributed by atoms with Crippen LogP contribution in [0.3, 0.4) is 0 Å². The van der Waals surface area contributed by atoms with E-state index < -0.39 is 0 Å². The second-order valence-electron chi connectivity index (χ2n) is 6.63. The lowest BCUT2D eigenvalue weighted by Crippen LogP contribution is -2.44. The molecular formula is C17H23N5O2S. The largest absolute Gasteiger partial charge is 0.378 e. The molecule has 2 aromatic rings. The standard InChI is InChI=1S/C17H23N5O2S/c1-12-13-15(21-5-3-20(2)4-6-21)18-11-19-16(13)25-14(12)17(23)22-7-9-24-10-8-22/h11H,3-10H2,1-2H3. The Morgan fingerprint density at radius 3 is 2.56 bits per heavy atom. The van der Waals surface area contributed by atoms with E-state index in [0.29, 0.717) is 26.3 Å². The highest BCUT2D eigenvalue weighted by Gasteiger charge is 2.26. The van der Waals surface area contributed by atoms with Crippen LogP contribution in [0.2, 0.25) is 0 Å². The number of amides is 1.